The minimum absolute atomic E-state index is 0.171. The molecule has 0 radical (unpaired) electrons. The van der Waals surface area contributed by atoms with Gasteiger partial charge < -0.3 is 19.9 Å². The summed E-state index contributed by atoms with van der Waals surface area (Å²) in [5.41, 5.74) is 5.67. The first kappa shape index (κ1) is 9.40. The van der Waals surface area contributed by atoms with Crippen LogP contribution < -0.4 is 5.73 Å². The van der Waals surface area contributed by atoms with Gasteiger partial charge in [-0.3, -0.25) is 0 Å². The van der Waals surface area contributed by atoms with Crippen LogP contribution in [0, 0.1) is 5.92 Å². The maximum atomic E-state index is 5.67. The first-order valence-electron chi connectivity index (χ1n) is 4.88. The number of rotatable bonds is 3. The minimum Gasteiger partial charge on any atom is -0.328 e. The highest BCUT2D eigenvalue weighted by Crippen LogP contribution is 2.33. The smallest absolute Gasteiger partial charge is 0.282 e. The van der Waals surface area contributed by atoms with Gasteiger partial charge in [0.05, 0.1) is 19.8 Å². The Morgan fingerprint density at radius 3 is 2.31 bits per heavy atom. The van der Waals surface area contributed by atoms with Gasteiger partial charge in [-0.2, -0.15) is 0 Å². The second kappa shape index (κ2) is 3.53. The van der Waals surface area contributed by atoms with Gasteiger partial charge >= 0.3 is 0 Å². The third kappa shape index (κ3) is 2.02. The lowest BCUT2D eigenvalue weighted by atomic mass is 10.1. The zero-order valence-electron chi connectivity index (χ0n) is 7.99. The van der Waals surface area contributed by atoms with Gasteiger partial charge in [0.25, 0.3) is 5.97 Å². The van der Waals surface area contributed by atoms with Crippen LogP contribution in [0.25, 0.3) is 0 Å². The maximum Gasteiger partial charge on any atom is 0.282 e. The Labute approximate surface area is 78.3 Å². The summed E-state index contributed by atoms with van der Waals surface area (Å²) in [6, 6.07) is 0.171. The molecule has 0 aromatic heterocycles. The Bertz CT molecular complexity index is 162. The van der Waals surface area contributed by atoms with Crippen molar-refractivity contribution in [3.63, 3.8) is 0 Å². The highest BCUT2D eigenvalue weighted by Gasteiger charge is 2.44. The predicted octanol–water partition coefficient (Wildman–Crippen LogP) is 0.461. The zero-order valence-corrected chi connectivity index (χ0v) is 7.99. The van der Waals surface area contributed by atoms with E-state index in [2.05, 4.69) is 0 Å². The molecule has 3 aliphatic heterocycles. The van der Waals surface area contributed by atoms with Crippen molar-refractivity contribution in [2.75, 3.05) is 19.8 Å². The fourth-order valence-electron chi connectivity index (χ4n) is 1.62. The number of fused-ring (bicyclic) bond motifs is 3. The van der Waals surface area contributed by atoms with Gasteiger partial charge in [-0.25, -0.2) is 0 Å². The molecule has 2 N–H and O–H groups in total. The van der Waals surface area contributed by atoms with E-state index in [1.54, 1.807) is 0 Å². The predicted molar refractivity (Wildman–Crippen MR) is 47.0 cm³/mol. The Morgan fingerprint density at radius 1 is 1.31 bits per heavy atom. The normalized spacial score (nSPS) is 40.6. The molecule has 2 bridgehead atoms. The van der Waals surface area contributed by atoms with Crippen molar-refractivity contribution in [1.29, 1.82) is 0 Å². The molecule has 0 aromatic rings. The average molecular weight is 187 g/mol. The first-order valence-corrected chi connectivity index (χ1v) is 4.88. The van der Waals surface area contributed by atoms with E-state index in [1.165, 1.54) is 0 Å². The Hall–Kier alpha value is -0.160. The van der Waals surface area contributed by atoms with Crippen molar-refractivity contribution < 1.29 is 14.2 Å². The molecular weight excluding hydrogens is 170 g/mol. The third-order valence-corrected chi connectivity index (χ3v) is 2.52. The summed E-state index contributed by atoms with van der Waals surface area (Å²) >= 11 is 0. The van der Waals surface area contributed by atoms with E-state index in [-0.39, 0.29) is 6.04 Å². The molecule has 76 valence electrons. The van der Waals surface area contributed by atoms with Crippen molar-refractivity contribution in [2.24, 2.45) is 11.7 Å². The van der Waals surface area contributed by atoms with Crippen LogP contribution in [0.1, 0.15) is 19.8 Å². The van der Waals surface area contributed by atoms with Crippen LogP contribution >= 0.6 is 0 Å². The quantitative estimate of drug-likeness (QED) is 0.697. The van der Waals surface area contributed by atoms with Crippen LogP contribution in [0.3, 0.4) is 0 Å². The van der Waals surface area contributed by atoms with Gasteiger partial charge in [0.2, 0.25) is 0 Å². The van der Waals surface area contributed by atoms with Crippen LogP contribution in [0.5, 0.6) is 0 Å². The molecule has 13 heavy (non-hydrogen) atoms. The summed E-state index contributed by atoms with van der Waals surface area (Å²) in [6.07, 6.45) is 1.60. The molecule has 3 saturated heterocycles. The molecular formula is C9H17NO3. The minimum atomic E-state index is -0.762. The van der Waals surface area contributed by atoms with E-state index in [0.29, 0.717) is 5.92 Å². The molecule has 3 aliphatic rings. The fraction of sp³-hybridized carbons (Fsp3) is 1.00. The van der Waals surface area contributed by atoms with E-state index in [9.17, 15) is 0 Å². The van der Waals surface area contributed by atoms with E-state index in [0.717, 1.165) is 32.7 Å². The van der Waals surface area contributed by atoms with E-state index < -0.39 is 5.97 Å². The zero-order chi connectivity index (χ0) is 9.31. The molecule has 0 saturated carbocycles. The van der Waals surface area contributed by atoms with Crippen molar-refractivity contribution in [2.45, 2.75) is 31.8 Å². The summed E-state index contributed by atoms with van der Waals surface area (Å²) in [7, 11) is 0. The lowest BCUT2D eigenvalue weighted by molar-refractivity contribution is -0.450. The van der Waals surface area contributed by atoms with Gasteiger partial charge in [-0.15, -0.1) is 0 Å². The highest BCUT2D eigenvalue weighted by atomic mass is 16.9. The maximum absolute atomic E-state index is 5.67. The number of nitrogens with two attached hydrogens (primary N) is 1. The van der Waals surface area contributed by atoms with Crippen LogP contribution in [0.2, 0.25) is 0 Å². The summed E-state index contributed by atoms with van der Waals surface area (Å²) < 4.78 is 16.5. The molecule has 3 rings (SSSR count). The van der Waals surface area contributed by atoms with Crippen molar-refractivity contribution >= 4 is 0 Å². The van der Waals surface area contributed by atoms with Crippen molar-refractivity contribution in [3.05, 3.63) is 0 Å². The van der Waals surface area contributed by atoms with Crippen LogP contribution in [-0.4, -0.2) is 31.8 Å². The molecule has 0 amide bonds. The van der Waals surface area contributed by atoms with Crippen LogP contribution in [0.15, 0.2) is 0 Å². The van der Waals surface area contributed by atoms with Gasteiger partial charge in [-0.05, 0) is 13.3 Å². The van der Waals surface area contributed by atoms with Gasteiger partial charge in [0.1, 0.15) is 0 Å². The average Bonchev–Trinajstić information content (AvgIpc) is 2.18. The number of hydrogen-bond donors (Lipinski definition) is 1. The second-order valence-electron chi connectivity index (χ2n) is 4.00. The number of hydrogen-bond acceptors (Lipinski definition) is 4. The summed E-state index contributed by atoms with van der Waals surface area (Å²) in [6.45, 7) is 4.27. The highest BCUT2D eigenvalue weighted by molar-refractivity contribution is 4.75. The van der Waals surface area contributed by atoms with Crippen molar-refractivity contribution in [3.8, 4) is 0 Å². The summed E-state index contributed by atoms with van der Waals surface area (Å²) in [4.78, 5) is 0. The molecule has 3 fully saturated rings. The van der Waals surface area contributed by atoms with Gasteiger partial charge in [0.15, 0.2) is 0 Å². The van der Waals surface area contributed by atoms with Crippen LogP contribution in [0.4, 0.5) is 0 Å². The molecule has 0 aliphatic carbocycles. The van der Waals surface area contributed by atoms with E-state index in [4.69, 9.17) is 19.9 Å². The lowest BCUT2D eigenvalue weighted by Crippen LogP contribution is -2.54. The molecule has 4 nitrogen and oxygen atoms in total. The largest absolute Gasteiger partial charge is 0.328 e. The lowest BCUT2D eigenvalue weighted by Gasteiger charge is -2.45. The molecule has 4 heteroatoms. The first-order chi connectivity index (χ1) is 6.20. The topological polar surface area (TPSA) is 53.7 Å². The monoisotopic (exact) mass is 187 g/mol. The standard InChI is InChI=1S/C9H17NO3/c1-7(10)2-3-9-11-4-8(5-12-9)6-13-9/h7-8H,2-6,10H2,1H3. The Kier molecular flexibility index (Phi) is 2.55. The van der Waals surface area contributed by atoms with E-state index >= 15 is 0 Å². The number of ether oxygens (including phenoxy) is 3. The van der Waals surface area contributed by atoms with Crippen molar-refractivity contribution in [1.82, 2.24) is 0 Å². The third-order valence-electron chi connectivity index (χ3n) is 2.52. The SMILES string of the molecule is CC(N)CCC12OCC(CO1)CO2. The van der Waals surface area contributed by atoms with Gasteiger partial charge in [-0.1, -0.05) is 0 Å². The van der Waals surface area contributed by atoms with Crippen LogP contribution in [-0.2, 0) is 14.2 Å². The fourth-order valence-corrected chi connectivity index (χ4v) is 1.62. The molecule has 1 unspecified atom stereocenters. The summed E-state index contributed by atoms with van der Waals surface area (Å²) in [5, 5.41) is 0. The van der Waals surface area contributed by atoms with E-state index in [1.807, 2.05) is 6.92 Å². The molecule has 1 atom stereocenters. The Balaban J connectivity index is 1.87. The second-order valence-corrected chi connectivity index (χ2v) is 4.00. The summed E-state index contributed by atoms with van der Waals surface area (Å²) in [5.74, 6) is -0.334. The van der Waals surface area contributed by atoms with Gasteiger partial charge in [0, 0.05) is 18.4 Å². The Morgan fingerprint density at radius 2 is 1.85 bits per heavy atom. The molecule has 0 spiro atoms. The molecule has 0 aromatic carbocycles. The molecule has 3 heterocycles.